The molecule has 36 heavy (non-hydrogen) atoms. The number of para-hydroxylation sites is 1. The number of nitrogens with one attached hydrogen (secondary N) is 1. The van der Waals surface area contributed by atoms with Crippen molar-refractivity contribution in [2.45, 2.75) is 48.2 Å². The van der Waals surface area contributed by atoms with Gasteiger partial charge in [0.2, 0.25) is 5.91 Å². The number of benzene rings is 2. The minimum atomic E-state index is -4.59. The van der Waals surface area contributed by atoms with Gasteiger partial charge in [-0.2, -0.15) is 13.2 Å². The Kier molecular flexibility index (Phi) is 6.12. The standard InChI is InChI=1S/C26H22BrF3N2O2S2/c27-16-5-3-4-13(11-16)21-20-14-8-9-15(10-14)22(20)35-24-23(21)36-25(34)32(24)12-19(33)31-18-7-2-1-6-17(18)26(28,29)30/h1-7,11,14-15,20-22H,8-10,12H2,(H,31,33)/t14-,15-,20-,21-,22+/m0/s1. The van der Waals surface area contributed by atoms with Crippen LogP contribution in [-0.2, 0) is 17.5 Å². The number of alkyl halides is 3. The highest BCUT2D eigenvalue weighted by Gasteiger charge is 2.55. The second-order valence-electron chi connectivity index (χ2n) is 9.74. The van der Waals surface area contributed by atoms with Crippen LogP contribution in [0, 0.1) is 17.8 Å². The number of fused-ring (bicyclic) bond motifs is 6. The summed E-state index contributed by atoms with van der Waals surface area (Å²) in [6.45, 7) is -0.319. The average Bonchev–Trinajstić information content (AvgIpc) is 3.52. The van der Waals surface area contributed by atoms with Crippen LogP contribution in [0.3, 0.4) is 0 Å². The number of rotatable bonds is 4. The molecule has 0 unspecified atom stereocenters. The third-order valence-corrected chi connectivity index (χ3v) is 11.0. The Morgan fingerprint density at radius 2 is 1.89 bits per heavy atom. The Balaban J connectivity index is 1.35. The lowest BCUT2D eigenvalue weighted by Crippen LogP contribution is -2.35. The fraction of sp³-hybridized carbons (Fsp3) is 0.385. The molecule has 2 aromatic carbocycles. The molecule has 2 bridgehead atoms. The average molecular weight is 596 g/mol. The summed E-state index contributed by atoms with van der Waals surface area (Å²) in [7, 11) is 0. The third-order valence-electron chi connectivity index (χ3n) is 7.71. The fourth-order valence-corrected chi connectivity index (χ4v) is 9.90. The number of carbonyl (C=O) groups excluding carboxylic acids is 1. The van der Waals surface area contributed by atoms with E-state index in [1.807, 2.05) is 12.1 Å². The summed E-state index contributed by atoms with van der Waals surface area (Å²) < 4.78 is 42.6. The van der Waals surface area contributed by atoms with Crippen LogP contribution in [0.4, 0.5) is 18.9 Å². The molecule has 188 valence electrons. The van der Waals surface area contributed by atoms with Crippen molar-refractivity contribution in [3.8, 4) is 0 Å². The summed E-state index contributed by atoms with van der Waals surface area (Å²) in [6, 6.07) is 13.1. The van der Waals surface area contributed by atoms with Crippen molar-refractivity contribution < 1.29 is 18.0 Å². The topological polar surface area (TPSA) is 51.1 Å². The predicted octanol–water partition coefficient (Wildman–Crippen LogP) is 6.98. The molecule has 1 N–H and O–H groups in total. The molecule has 2 heterocycles. The van der Waals surface area contributed by atoms with Crippen LogP contribution in [-0.4, -0.2) is 15.7 Å². The number of thiazole rings is 1. The van der Waals surface area contributed by atoms with Crippen molar-refractivity contribution in [1.82, 2.24) is 4.57 Å². The summed E-state index contributed by atoms with van der Waals surface area (Å²) in [4.78, 5) is 26.8. The maximum atomic E-state index is 13.4. The number of halogens is 4. The highest BCUT2D eigenvalue weighted by molar-refractivity contribution is 9.10. The second kappa shape index (κ2) is 9.06. The molecule has 1 amide bonds. The predicted molar refractivity (Wildman–Crippen MR) is 139 cm³/mol. The maximum absolute atomic E-state index is 13.4. The van der Waals surface area contributed by atoms with Crippen molar-refractivity contribution in [2.24, 2.45) is 17.8 Å². The summed E-state index contributed by atoms with van der Waals surface area (Å²) in [5, 5.41) is 3.55. The van der Waals surface area contributed by atoms with Crippen LogP contribution in [0.5, 0.6) is 0 Å². The number of hydrogen-bond donors (Lipinski definition) is 1. The number of thioether (sulfide) groups is 1. The normalized spacial score (nSPS) is 26.5. The van der Waals surface area contributed by atoms with Gasteiger partial charge in [-0.3, -0.25) is 14.2 Å². The summed E-state index contributed by atoms with van der Waals surface area (Å²) in [5.74, 6) is 1.08. The summed E-state index contributed by atoms with van der Waals surface area (Å²) >= 11 is 6.45. The van der Waals surface area contributed by atoms with Gasteiger partial charge >= 0.3 is 11.0 Å². The lowest BCUT2D eigenvalue weighted by molar-refractivity contribution is -0.137. The first-order valence-corrected chi connectivity index (χ1v) is 14.3. The molecule has 5 atom stereocenters. The fourth-order valence-electron chi connectivity index (χ4n) is 6.33. The number of hydrogen-bond acceptors (Lipinski definition) is 4. The minimum absolute atomic E-state index is 0.0759. The van der Waals surface area contributed by atoms with E-state index in [1.165, 1.54) is 53.4 Å². The van der Waals surface area contributed by atoms with Crippen LogP contribution >= 0.6 is 39.0 Å². The molecule has 1 aliphatic heterocycles. The first kappa shape index (κ1) is 24.3. The number of anilines is 1. The van der Waals surface area contributed by atoms with Gasteiger partial charge in [0.15, 0.2) is 0 Å². The van der Waals surface area contributed by atoms with E-state index in [4.69, 9.17) is 0 Å². The molecule has 0 spiro atoms. The first-order chi connectivity index (χ1) is 17.2. The monoisotopic (exact) mass is 594 g/mol. The molecule has 4 nitrogen and oxygen atoms in total. The van der Waals surface area contributed by atoms with Crippen LogP contribution in [0.1, 0.15) is 41.2 Å². The molecule has 10 heteroatoms. The molecular formula is C26H22BrF3N2O2S2. The van der Waals surface area contributed by atoms with Gasteiger partial charge in [0.25, 0.3) is 0 Å². The lowest BCUT2D eigenvalue weighted by Gasteiger charge is -2.40. The van der Waals surface area contributed by atoms with Crippen LogP contribution in [0.15, 0.2) is 62.8 Å². The van der Waals surface area contributed by atoms with Gasteiger partial charge in [-0.25, -0.2) is 0 Å². The van der Waals surface area contributed by atoms with Gasteiger partial charge in [-0.15, -0.1) is 11.8 Å². The Labute approximate surface area is 222 Å². The molecule has 2 saturated carbocycles. The lowest BCUT2D eigenvalue weighted by atomic mass is 9.75. The van der Waals surface area contributed by atoms with Gasteiger partial charge in [0.1, 0.15) is 6.54 Å². The van der Waals surface area contributed by atoms with E-state index in [-0.39, 0.29) is 23.0 Å². The van der Waals surface area contributed by atoms with Gasteiger partial charge < -0.3 is 5.32 Å². The van der Waals surface area contributed by atoms with Crippen molar-refractivity contribution in [2.75, 3.05) is 5.32 Å². The van der Waals surface area contributed by atoms with E-state index >= 15 is 0 Å². The number of nitrogens with zero attached hydrogens (tertiary/aromatic N) is 1. The highest BCUT2D eigenvalue weighted by atomic mass is 79.9. The van der Waals surface area contributed by atoms with E-state index in [0.717, 1.165) is 26.0 Å². The van der Waals surface area contributed by atoms with E-state index in [2.05, 4.69) is 33.4 Å². The number of aromatic nitrogens is 1. The Morgan fingerprint density at radius 3 is 2.67 bits per heavy atom. The molecule has 6 rings (SSSR count). The van der Waals surface area contributed by atoms with Crippen molar-refractivity contribution in [3.63, 3.8) is 0 Å². The van der Waals surface area contributed by atoms with Gasteiger partial charge in [0.05, 0.1) is 16.3 Å². The summed E-state index contributed by atoms with van der Waals surface area (Å²) in [6.07, 6.45) is -1.00. The zero-order chi connectivity index (χ0) is 25.2. The van der Waals surface area contributed by atoms with Crippen molar-refractivity contribution >= 4 is 50.6 Å². The Hall–Kier alpha value is -2.04. The number of amides is 1. The quantitative estimate of drug-likeness (QED) is 0.354. The van der Waals surface area contributed by atoms with Gasteiger partial charge in [0, 0.05) is 20.5 Å². The van der Waals surface area contributed by atoms with Crippen molar-refractivity contribution in [1.29, 1.82) is 0 Å². The zero-order valence-electron chi connectivity index (χ0n) is 18.9. The molecule has 0 radical (unpaired) electrons. The molecule has 2 fully saturated rings. The Morgan fingerprint density at radius 1 is 1.11 bits per heavy atom. The molecule has 0 saturated heterocycles. The summed E-state index contributed by atoms with van der Waals surface area (Å²) in [5.41, 5.74) is -0.0580. The molecular weight excluding hydrogens is 573 g/mol. The number of carbonyl (C=O) groups is 1. The molecule has 2 aliphatic carbocycles. The van der Waals surface area contributed by atoms with E-state index in [9.17, 15) is 22.8 Å². The molecule has 3 aliphatic rings. The van der Waals surface area contributed by atoms with E-state index in [1.54, 1.807) is 11.8 Å². The minimum Gasteiger partial charge on any atom is -0.324 e. The SMILES string of the molecule is O=C(Cn1c2c(sc1=O)[C@@H](c1cccc(Br)c1)[C@@H]1[C@H]3CC[C@@H](C3)[C@H]1S2)Nc1ccccc1C(F)(F)F. The highest BCUT2D eigenvalue weighted by Crippen LogP contribution is 2.64. The van der Waals surface area contributed by atoms with E-state index < -0.39 is 17.6 Å². The largest absolute Gasteiger partial charge is 0.418 e. The van der Waals surface area contributed by atoms with Gasteiger partial charge in [-0.1, -0.05) is 51.5 Å². The third kappa shape index (κ3) is 4.15. The maximum Gasteiger partial charge on any atom is 0.418 e. The second-order valence-corrected chi connectivity index (χ2v) is 12.8. The van der Waals surface area contributed by atoms with Crippen LogP contribution in [0.2, 0.25) is 0 Å². The van der Waals surface area contributed by atoms with Crippen LogP contribution in [0.25, 0.3) is 0 Å². The van der Waals surface area contributed by atoms with Crippen molar-refractivity contribution in [3.05, 3.63) is 78.7 Å². The smallest absolute Gasteiger partial charge is 0.324 e. The zero-order valence-corrected chi connectivity index (χ0v) is 22.1. The molecule has 3 aromatic rings. The van der Waals surface area contributed by atoms with Gasteiger partial charge in [-0.05, 0) is 66.8 Å². The van der Waals surface area contributed by atoms with E-state index in [0.29, 0.717) is 23.0 Å². The first-order valence-electron chi connectivity index (χ1n) is 11.8. The molecule has 1 aromatic heterocycles. The van der Waals surface area contributed by atoms with Crippen LogP contribution < -0.4 is 10.2 Å². The Bertz CT molecular complexity index is 1400.